The van der Waals surface area contributed by atoms with Crippen molar-refractivity contribution >= 4 is 11.5 Å². The molecule has 0 radical (unpaired) electrons. The number of hydrogen-bond donors (Lipinski definition) is 0. The van der Waals surface area contributed by atoms with Crippen LogP contribution >= 0.6 is 0 Å². The van der Waals surface area contributed by atoms with Gasteiger partial charge in [-0.15, -0.1) is 14.8 Å². The van der Waals surface area contributed by atoms with Crippen molar-refractivity contribution < 1.29 is 0 Å². The summed E-state index contributed by atoms with van der Waals surface area (Å²) in [5.41, 5.74) is 2.52. The van der Waals surface area contributed by atoms with Gasteiger partial charge < -0.3 is 4.90 Å². The van der Waals surface area contributed by atoms with Gasteiger partial charge in [0.05, 0.1) is 5.69 Å². The zero-order chi connectivity index (χ0) is 15.8. The van der Waals surface area contributed by atoms with Gasteiger partial charge in [-0.2, -0.15) is 5.10 Å². The Labute approximate surface area is 131 Å². The molecule has 0 aromatic carbocycles. The van der Waals surface area contributed by atoms with Crippen LogP contribution in [-0.4, -0.2) is 41.6 Å². The molecule has 0 saturated heterocycles. The second-order valence-electron chi connectivity index (χ2n) is 5.57. The highest BCUT2D eigenvalue weighted by Gasteiger charge is 2.20. The molecule has 4 rings (SSSR count). The maximum atomic E-state index is 12.1. The smallest absolute Gasteiger partial charge is 0.267 e. The van der Waals surface area contributed by atoms with Crippen molar-refractivity contribution in [1.82, 2.24) is 35.0 Å². The summed E-state index contributed by atoms with van der Waals surface area (Å²) in [5.74, 6) is 0.785. The van der Waals surface area contributed by atoms with E-state index in [4.69, 9.17) is 0 Å². The third kappa shape index (κ3) is 2.43. The maximum absolute atomic E-state index is 12.1. The van der Waals surface area contributed by atoms with Gasteiger partial charge in [0.2, 0.25) is 0 Å². The highest BCUT2D eigenvalue weighted by molar-refractivity contribution is 5.46. The second kappa shape index (κ2) is 5.41. The third-order valence-electron chi connectivity index (χ3n) is 3.96. The van der Waals surface area contributed by atoms with E-state index in [-0.39, 0.29) is 5.56 Å². The van der Waals surface area contributed by atoms with Crippen LogP contribution in [0.3, 0.4) is 0 Å². The summed E-state index contributed by atoms with van der Waals surface area (Å²) in [7, 11) is 0. The van der Waals surface area contributed by atoms with Crippen LogP contribution in [0.1, 0.15) is 24.6 Å². The first-order chi connectivity index (χ1) is 11.2. The molecule has 3 aromatic heterocycles. The van der Waals surface area contributed by atoms with Gasteiger partial charge in [-0.05, 0) is 29.0 Å². The predicted molar refractivity (Wildman–Crippen MR) is 82.1 cm³/mol. The summed E-state index contributed by atoms with van der Waals surface area (Å²) in [4.78, 5) is 14.2. The summed E-state index contributed by atoms with van der Waals surface area (Å²) in [5, 5.41) is 20.1. The Kier molecular flexibility index (Phi) is 3.25. The Hall–Kier alpha value is -2.84. The Morgan fingerprint density at radius 1 is 1.26 bits per heavy atom. The highest BCUT2D eigenvalue weighted by atomic mass is 16.1. The van der Waals surface area contributed by atoms with Gasteiger partial charge in [-0.3, -0.25) is 4.79 Å². The van der Waals surface area contributed by atoms with E-state index in [0.29, 0.717) is 18.7 Å². The van der Waals surface area contributed by atoms with Gasteiger partial charge in [-0.1, -0.05) is 6.92 Å². The molecule has 1 aliphatic heterocycles. The van der Waals surface area contributed by atoms with E-state index in [0.717, 1.165) is 36.5 Å². The minimum atomic E-state index is -0.0451. The summed E-state index contributed by atoms with van der Waals surface area (Å²) in [6.07, 6.45) is 1.68. The Morgan fingerprint density at radius 3 is 3.04 bits per heavy atom. The molecule has 9 nitrogen and oxygen atoms in total. The van der Waals surface area contributed by atoms with Crippen LogP contribution in [0.2, 0.25) is 0 Å². The molecule has 0 amide bonds. The number of hydrogen-bond acceptors (Lipinski definition) is 7. The van der Waals surface area contributed by atoms with E-state index in [1.165, 1.54) is 4.63 Å². The van der Waals surface area contributed by atoms with Gasteiger partial charge in [0.1, 0.15) is 0 Å². The minimum Gasteiger partial charge on any atom is -0.350 e. The molecule has 0 atom stereocenters. The number of rotatable bonds is 3. The fourth-order valence-electron chi connectivity index (χ4n) is 2.82. The van der Waals surface area contributed by atoms with Gasteiger partial charge in [0.15, 0.2) is 11.5 Å². The van der Waals surface area contributed by atoms with Crippen LogP contribution in [0.15, 0.2) is 23.0 Å². The molecule has 4 heterocycles. The fourth-order valence-corrected chi connectivity index (χ4v) is 2.82. The van der Waals surface area contributed by atoms with Crippen molar-refractivity contribution in [3.05, 3.63) is 39.8 Å². The monoisotopic (exact) mass is 312 g/mol. The number of anilines is 1. The van der Waals surface area contributed by atoms with E-state index in [1.54, 1.807) is 10.7 Å². The molecule has 1 aliphatic rings. The molecule has 9 heteroatoms. The summed E-state index contributed by atoms with van der Waals surface area (Å²) < 4.78 is 2.96. The molecule has 118 valence electrons. The van der Waals surface area contributed by atoms with E-state index < -0.39 is 0 Å². The van der Waals surface area contributed by atoms with Gasteiger partial charge in [0.25, 0.3) is 5.56 Å². The average Bonchev–Trinajstić information content (AvgIpc) is 3.03. The van der Waals surface area contributed by atoms with Crippen LogP contribution in [0.5, 0.6) is 0 Å². The molecule has 0 N–H and O–H groups in total. The molecule has 0 aliphatic carbocycles. The van der Waals surface area contributed by atoms with Crippen molar-refractivity contribution in [3.8, 4) is 0 Å². The van der Waals surface area contributed by atoms with Crippen molar-refractivity contribution in [2.45, 2.75) is 32.9 Å². The van der Waals surface area contributed by atoms with E-state index in [1.807, 2.05) is 19.1 Å². The Bertz CT molecular complexity index is 915. The number of tetrazole rings is 1. The molecular weight excluding hydrogens is 296 g/mol. The van der Waals surface area contributed by atoms with Crippen LogP contribution in [0.4, 0.5) is 5.82 Å². The number of aromatic nitrogens is 7. The molecular formula is C14H16N8O. The molecule has 0 unspecified atom stereocenters. The molecule has 0 fully saturated rings. The minimum absolute atomic E-state index is 0.0451. The Balaban J connectivity index is 1.65. The lowest BCUT2D eigenvalue weighted by molar-refractivity contribution is 0.538. The quantitative estimate of drug-likeness (QED) is 0.674. The standard InChI is InChI=1S/C14H16N8O/c1-2-6-21-14(23)8-10-9-20(7-5-11(10)16-21)13-4-3-12-15-18-19-22(12)17-13/h3-4,8H,2,5-7,9H2,1H3. The lowest BCUT2D eigenvalue weighted by Gasteiger charge is -2.28. The van der Waals surface area contributed by atoms with Crippen molar-refractivity contribution in [2.24, 2.45) is 0 Å². The summed E-state index contributed by atoms with van der Waals surface area (Å²) >= 11 is 0. The van der Waals surface area contributed by atoms with E-state index >= 15 is 0 Å². The lowest BCUT2D eigenvalue weighted by atomic mass is 10.1. The van der Waals surface area contributed by atoms with E-state index in [2.05, 4.69) is 30.6 Å². The highest BCUT2D eigenvalue weighted by Crippen LogP contribution is 2.20. The SMILES string of the molecule is CCCn1nc2c(cc1=O)CN(c1ccc3nnnn3n1)CC2. The Morgan fingerprint density at radius 2 is 2.17 bits per heavy atom. The zero-order valence-corrected chi connectivity index (χ0v) is 12.8. The zero-order valence-electron chi connectivity index (χ0n) is 12.8. The predicted octanol–water partition coefficient (Wildman–Crippen LogP) is 0.0487. The van der Waals surface area contributed by atoms with Crippen LogP contribution in [0.25, 0.3) is 5.65 Å². The topological polar surface area (TPSA) is 94.1 Å². The molecule has 23 heavy (non-hydrogen) atoms. The van der Waals surface area contributed by atoms with Gasteiger partial charge >= 0.3 is 0 Å². The average molecular weight is 312 g/mol. The van der Waals surface area contributed by atoms with Crippen LogP contribution < -0.4 is 10.5 Å². The van der Waals surface area contributed by atoms with Crippen LogP contribution in [0, 0.1) is 0 Å². The maximum Gasteiger partial charge on any atom is 0.267 e. The summed E-state index contributed by atoms with van der Waals surface area (Å²) in [6, 6.07) is 5.41. The van der Waals surface area contributed by atoms with Gasteiger partial charge in [-0.25, -0.2) is 4.68 Å². The lowest BCUT2D eigenvalue weighted by Crippen LogP contribution is -2.35. The summed E-state index contributed by atoms with van der Waals surface area (Å²) in [6.45, 7) is 4.11. The first kappa shape index (κ1) is 13.8. The van der Waals surface area contributed by atoms with E-state index in [9.17, 15) is 4.79 Å². The number of aryl methyl sites for hydroxylation is 1. The number of nitrogens with zero attached hydrogens (tertiary/aromatic N) is 8. The number of fused-ring (bicyclic) bond motifs is 2. The molecule has 0 spiro atoms. The largest absolute Gasteiger partial charge is 0.350 e. The first-order valence-electron chi connectivity index (χ1n) is 7.65. The molecule has 0 bridgehead atoms. The molecule has 3 aromatic rings. The van der Waals surface area contributed by atoms with Crippen molar-refractivity contribution in [2.75, 3.05) is 11.4 Å². The van der Waals surface area contributed by atoms with Gasteiger partial charge in [0, 0.05) is 37.7 Å². The normalized spacial score (nSPS) is 14.2. The van der Waals surface area contributed by atoms with Crippen molar-refractivity contribution in [1.29, 1.82) is 0 Å². The van der Waals surface area contributed by atoms with Crippen molar-refractivity contribution in [3.63, 3.8) is 0 Å². The third-order valence-corrected chi connectivity index (χ3v) is 3.96. The second-order valence-corrected chi connectivity index (χ2v) is 5.57. The fraction of sp³-hybridized carbons (Fsp3) is 0.429. The molecule has 0 saturated carbocycles. The van der Waals surface area contributed by atoms with Crippen LogP contribution in [-0.2, 0) is 19.5 Å². The first-order valence-corrected chi connectivity index (χ1v) is 7.65.